The molecule has 0 radical (unpaired) electrons. The molecule has 1 amide bonds. The van der Waals surface area contributed by atoms with E-state index in [0.717, 1.165) is 43.3 Å². The predicted molar refractivity (Wildman–Crippen MR) is 101 cm³/mol. The molecule has 142 valence electrons. The monoisotopic (exact) mass is 368 g/mol. The van der Waals surface area contributed by atoms with Crippen LogP contribution in [-0.4, -0.2) is 55.3 Å². The van der Waals surface area contributed by atoms with Gasteiger partial charge in [-0.3, -0.25) is 4.90 Å². The van der Waals surface area contributed by atoms with Gasteiger partial charge in [-0.2, -0.15) is 0 Å². The first-order chi connectivity index (χ1) is 13.0. The summed E-state index contributed by atoms with van der Waals surface area (Å²) >= 11 is 0. The molecule has 1 spiro atoms. The molecule has 1 atom stereocenters. The van der Waals surface area contributed by atoms with E-state index in [4.69, 9.17) is 14.2 Å². The van der Waals surface area contributed by atoms with Crippen LogP contribution in [0.5, 0.6) is 17.2 Å². The largest absolute Gasteiger partial charge is 0.497 e. The molecule has 0 unspecified atom stereocenters. The molecule has 2 saturated heterocycles. The lowest BCUT2D eigenvalue weighted by Crippen LogP contribution is -2.37. The van der Waals surface area contributed by atoms with Gasteiger partial charge < -0.3 is 19.1 Å². The highest BCUT2D eigenvalue weighted by Gasteiger charge is 2.48. The van der Waals surface area contributed by atoms with Crippen LogP contribution in [0.2, 0.25) is 0 Å². The molecule has 6 heteroatoms. The Balaban J connectivity index is 1.39. The second kappa shape index (κ2) is 7.12. The van der Waals surface area contributed by atoms with Gasteiger partial charge in [0.1, 0.15) is 22.8 Å². The molecule has 0 bridgehead atoms. The Morgan fingerprint density at radius 2 is 1.85 bits per heavy atom. The third kappa shape index (κ3) is 3.85. The van der Waals surface area contributed by atoms with Crippen LogP contribution in [0.3, 0.4) is 0 Å². The predicted octanol–water partition coefficient (Wildman–Crippen LogP) is 3.51. The molecule has 2 aromatic carbocycles. The molecule has 0 saturated carbocycles. The van der Waals surface area contributed by atoms with E-state index in [1.165, 1.54) is 5.56 Å². The molecular weight excluding hydrogens is 344 g/mol. The normalized spacial score (nSPS) is 22.3. The van der Waals surface area contributed by atoms with E-state index in [9.17, 15) is 4.79 Å². The fourth-order valence-corrected chi connectivity index (χ4v) is 3.81. The van der Waals surface area contributed by atoms with Crippen LogP contribution in [0.25, 0.3) is 0 Å². The van der Waals surface area contributed by atoms with E-state index in [1.54, 1.807) is 19.1 Å². The van der Waals surface area contributed by atoms with E-state index >= 15 is 0 Å². The first-order valence-corrected chi connectivity index (χ1v) is 9.13. The van der Waals surface area contributed by atoms with Gasteiger partial charge in [-0.05, 0) is 42.0 Å². The first-order valence-electron chi connectivity index (χ1n) is 9.13. The van der Waals surface area contributed by atoms with Crippen molar-refractivity contribution in [1.29, 1.82) is 0 Å². The van der Waals surface area contributed by atoms with Crippen molar-refractivity contribution in [2.24, 2.45) is 0 Å². The van der Waals surface area contributed by atoms with Crippen molar-refractivity contribution in [3.05, 3.63) is 54.1 Å². The summed E-state index contributed by atoms with van der Waals surface area (Å²) in [6.07, 6.45) is 0.664. The summed E-state index contributed by atoms with van der Waals surface area (Å²) in [6, 6.07) is 15.6. The third-order valence-corrected chi connectivity index (χ3v) is 5.14. The van der Waals surface area contributed by atoms with Crippen molar-refractivity contribution in [2.75, 3.05) is 33.8 Å². The SMILES string of the molecule is COc1ccc(Oc2cccc(CN3CC[C@]4(C3)CN(C)C(=O)O4)c2)cc1. The summed E-state index contributed by atoms with van der Waals surface area (Å²) in [5.74, 6) is 2.38. The first kappa shape index (κ1) is 17.7. The van der Waals surface area contributed by atoms with Crippen LogP contribution in [0.15, 0.2) is 48.5 Å². The number of likely N-dealkylation sites (N-methyl/N-ethyl adjacent to an activating group) is 1. The van der Waals surface area contributed by atoms with Crippen molar-refractivity contribution >= 4 is 6.09 Å². The number of ether oxygens (including phenoxy) is 3. The number of rotatable bonds is 5. The highest BCUT2D eigenvalue weighted by molar-refractivity contribution is 5.70. The smallest absolute Gasteiger partial charge is 0.410 e. The Kier molecular flexibility index (Phi) is 4.66. The summed E-state index contributed by atoms with van der Waals surface area (Å²) in [7, 11) is 3.44. The highest BCUT2D eigenvalue weighted by atomic mass is 16.6. The van der Waals surface area contributed by atoms with E-state index < -0.39 is 0 Å². The van der Waals surface area contributed by atoms with E-state index in [1.807, 2.05) is 36.4 Å². The summed E-state index contributed by atoms with van der Waals surface area (Å²) in [5, 5.41) is 0. The fraction of sp³-hybridized carbons (Fsp3) is 0.381. The maximum atomic E-state index is 11.7. The summed E-state index contributed by atoms with van der Waals surface area (Å²) in [6.45, 7) is 3.17. The Hall–Kier alpha value is -2.73. The second-order valence-corrected chi connectivity index (χ2v) is 7.29. The number of likely N-dealkylation sites (tertiary alicyclic amines) is 1. The van der Waals surface area contributed by atoms with Crippen molar-refractivity contribution in [1.82, 2.24) is 9.80 Å². The van der Waals surface area contributed by atoms with Crippen LogP contribution in [0.1, 0.15) is 12.0 Å². The van der Waals surface area contributed by atoms with Gasteiger partial charge in [0.25, 0.3) is 0 Å². The zero-order valence-electron chi connectivity index (χ0n) is 15.7. The van der Waals surface area contributed by atoms with Crippen LogP contribution in [0, 0.1) is 0 Å². The quantitative estimate of drug-likeness (QED) is 0.808. The Labute approximate surface area is 159 Å². The maximum absolute atomic E-state index is 11.7. The average molecular weight is 368 g/mol. The van der Waals surface area contributed by atoms with Crippen molar-refractivity contribution in [3.8, 4) is 17.2 Å². The maximum Gasteiger partial charge on any atom is 0.410 e. The molecule has 4 rings (SSSR count). The lowest BCUT2D eigenvalue weighted by molar-refractivity contribution is 0.0627. The third-order valence-electron chi connectivity index (χ3n) is 5.14. The number of benzene rings is 2. The fourth-order valence-electron chi connectivity index (χ4n) is 3.81. The Morgan fingerprint density at radius 1 is 1.07 bits per heavy atom. The molecule has 2 fully saturated rings. The number of carbonyl (C=O) groups excluding carboxylic acids is 1. The summed E-state index contributed by atoms with van der Waals surface area (Å²) in [5.41, 5.74) is 0.832. The highest BCUT2D eigenvalue weighted by Crippen LogP contribution is 2.33. The van der Waals surface area contributed by atoms with Crippen LogP contribution in [0.4, 0.5) is 4.79 Å². The lowest BCUT2D eigenvalue weighted by atomic mass is 10.0. The van der Waals surface area contributed by atoms with Crippen LogP contribution < -0.4 is 9.47 Å². The minimum absolute atomic E-state index is 0.216. The molecule has 0 aromatic heterocycles. The Morgan fingerprint density at radius 3 is 2.56 bits per heavy atom. The van der Waals surface area contributed by atoms with Gasteiger partial charge in [0.15, 0.2) is 0 Å². The van der Waals surface area contributed by atoms with Crippen LogP contribution >= 0.6 is 0 Å². The molecule has 6 nitrogen and oxygen atoms in total. The number of carbonyl (C=O) groups is 1. The number of hydrogen-bond donors (Lipinski definition) is 0. The molecule has 2 heterocycles. The van der Waals surface area contributed by atoms with Gasteiger partial charge in [-0.1, -0.05) is 12.1 Å². The van der Waals surface area contributed by atoms with Crippen LogP contribution in [-0.2, 0) is 11.3 Å². The van der Waals surface area contributed by atoms with Gasteiger partial charge in [0.2, 0.25) is 0 Å². The molecule has 2 aliphatic rings. The van der Waals surface area contributed by atoms with E-state index in [2.05, 4.69) is 17.0 Å². The average Bonchev–Trinajstić information content (AvgIpc) is 3.17. The zero-order chi connectivity index (χ0) is 18.9. The number of amides is 1. The number of hydrogen-bond acceptors (Lipinski definition) is 5. The number of methoxy groups -OCH3 is 1. The molecule has 2 aliphatic heterocycles. The molecule has 0 N–H and O–H groups in total. The Bertz CT molecular complexity index is 823. The molecule has 27 heavy (non-hydrogen) atoms. The standard InChI is InChI=1S/C21H24N2O4/c1-22-14-21(27-20(22)24)10-11-23(15-21)13-16-4-3-5-19(12-16)26-18-8-6-17(25-2)7-9-18/h3-9,12H,10-11,13-15H2,1-2H3/t21-/m1/s1. The van der Waals surface area contributed by atoms with Gasteiger partial charge in [-0.25, -0.2) is 4.79 Å². The minimum Gasteiger partial charge on any atom is -0.497 e. The van der Waals surface area contributed by atoms with Gasteiger partial charge in [-0.15, -0.1) is 0 Å². The van der Waals surface area contributed by atoms with Gasteiger partial charge in [0.05, 0.1) is 13.7 Å². The topological polar surface area (TPSA) is 51.2 Å². The minimum atomic E-state index is -0.344. The lowest BCUT2D eigenvalue weighted by Gasteiger charge is -2.22. The summed E-state index contributed by atoms with van der Waals surface area (Å²) in [4.78, 5) is 15.7. The van der Waals surface area contributed by atoms with Crippen molar-refractivity contribution < 1.29 is 19.0 Å². The van der Waals surface area contributed by atoms with Gasteiger partial charge in [0, 0.05) is 33.1 Å². The van der Waals surface area contributed by atoms with Gasteiger partial charge >= 0.3 is 6.09 Å². The molecule has 0 aliphatic carbocycles. The molecule has 2 aromatic rings. The zero-order valence-corrected chi connectivity index (χ0v) is 15.7. The molecular formula is C21H24N2O4. The summed E-state index contributed by atoms with van der Waals surface area (Å²) < 4.78 is 16.7. The van der Waals surface area contributed by atoms with E-state index in [-0.39, 0.29) is 11.7 Å². The van der Waals surface area contributed by atoms with Crippen molar-refractivity contribution in [2.45, 2.75) is 18.6 Å². The van der Waals surface area contributed by atoms with Crippen molar-refractivity contribution in [3.63, 3.8) is 0 Å². The second-order valence-electron chi connectivity index (χ2n) is 7.29. The van der Waals surface area contributed by atoms with E-state index in [0.29, 0.717) is 6.54 Å². The number of nitrogens with zero attached hydrogens (tertiary/aromatic N) is 2.